The maximum absolute atomic E-state index is 12.6. The Kier molecular flexibility index (Phi) is 4.29. The van der Waals surface area contributed by atoms with Gasteiger partial charge in [0.25, 0.3) is 0 Å². The molecule has 4 bridgehead atoms. The smallest absolute Gasteiger partial charge is 0.387 e. The first-order chi connectivity index (χ1) is 11.8. The molecule has 1 N–H and O–H groups in total. The molecule has 6 heteroatoms. The van der Waals surface area contributed by atoms with Gasteiger partial charge in [-0.05, 0) is 80.0 Å². The van der Waals surface area contributed by atoms with Crippen molar-refractivity contribution < 1.29 is 18.3 Å². The summed E-state index contributed by atoms with van der Waals surface area (Å²) in [4.78, 5) is 12.6. The van der Waals surface area contributed by atoms with Gasteiger partial charge in [-0.25, -0.2) is 0 Å². The average molecular weight is 414 g/mol. The minimum atomic E-state index is -2.84. The molecule has 0 aliphatic heterocycles. The minimum absolute atomic E-state index is 0.0144. The Hall–Kier alpha value is -1.17. The number of benzene rings is 1. The summed E-state index contributed by atoms with van der Waals surface area (Å²) in [7, 11) is 0. The van der Waals surface area contributed by atoms with Crippen LogP contribution in [0.3, 0.4) is 0 Å². The van der Waals surface area contributed by atoms with Crippen LogP contribution in [-0.2, 0) is 4.79 Å². The number of rotatable bonds is 5. The molecule has 3 nitrogen and oxygen atoms in total. The van der Waals surface area contributed by atoms with Crippen molar-refractivity contribution in [2.45, 2.75) is 55.9 Å². The molecule has 0 heterocycles. The van der Waals surface area contributed by atoms with Gasteiger partial charge in [0.2, 0.25) is 5.91 Å². The van der Waals surface area contributed by atoms with Crippen LogP contribution in [0.1, 0.15) is 44.9 Å². The second-order valence-electron chi connectivity index (χ2n) is 8.24. The molecule has 4 atom stereocenters. The van der Waals surface area contributed by atoms with Crippen LogP contribution in [0, 0.1) is 17.3 Å². The summed E-state index contributed by atoms with van der Waals surface area (Å²) >= 11 is 3.97. The lowest BCUT2D eigenvalue weighted by Gasteiger charge is -2.60. The first kappa shape index (κ1) is 17.3. The number of halogens is 3. The molecule has 0 saturated heterocycles. The summed E-state index contributed by atoms with van der Waals surface area (Å²) in [6.07, 6.45) is 7.76. The van der Waals surface area contributed by atoms with Crippen LogP contribution in [0.25, 0.3) is 0 Å². The first-order valence-electron chi connectivity index (χ1n) is 8.87. The van der Waals surface area contributed by atoms with E-state index in [-0.39, 0.29) is 21.4 Å². The molecule has 4 aliphatic rings. The monoisotopic (exact) mass is 413 g/mol. The lowest BCUT2D eigenvalue weighted by Crippen LogP contribution is -2.53. The van der Waals surface area contributed by atoms with E-state index in [1.807, 2.05) is 0 Å². The van der Waals surface area contributed by atoms with Gasteiger partial charge in [-0.3, -0.25) is 4.79 Å². The Morgan fingerprint density at radius 2 is 1.84 bits per heavy atom. The summed E-state index contributed by atoms with van der Waals surface area (Å²) in [5.74, 6) is 1.61. The van der Waals surface area contributed by atoms with E-state index in [2.05, 4.69) is 26.0 Å². The molecule has 2 unspecified atom stereocenters. The summed E-state index contributed by atoms with van der Waals surface area (Å²) < 4.78 is 28.9. The molecule has 1 amide bonds. The van der Waals surface area contributed by atoms with Gasteiger partial charge in [0.05, 0.1) is 0 Å². The fourth-order valence-corrected chi connectivity index (χ4v) is 7.32. The third-order valence-corrected chi connectivity index (χ3v) is 6.94. The number of carbonyl (C=O) groups is 1. The lowest BCUT2D eigenvalue weighted by molar-refractivity contribution is -0.123. The van der Waals surface area contributed by atoms with Crippen LogP contribution in [0.15, 0.2) is 24.3 Å². The molecule has 0 spiro atoms. The van der Waals surface area contributed by atoms with Crippen molar-refractivity contribution in [2.24, 2.45) is 17.3 Å². The average Bonchev–Trinajstić information content (AvgIpc) is 2.45. The van der Waals surface area contributed by atoms with Crippen molar-refractivity contribution in [3.8, 4) is 5.75 Å². The lowest BCUT2D eigenvalue weighted by atomic mass is 9.48. The number of hydrogen-bond acceptors (Lipinski definition) is 2. The second-order valence-corrected chi connectivity index (χ2v) is 9.92. The zero-order chi connectivity index (χ0) is 17.7. The third-order valence-electron chi connectivity index (χ3n) is 6.01. The molecule has 136 valence electrons. The zero-order valence-electron chi connectivity index (χ0n) is 13.9. The molecule has 4 aliphatic carbocycles. The van der Waals surface area contributed by atoms with Gasteiger partial charge in [-0.15, -0.1) is 0 Å². The summed E-state index contributed by atoms with van der Waals surface area (Å²) in [5, 5.41) is 2.91. The highest BCUT2D eigenvalue weighted by atomic mass is 79.9. The van der Waals surface area contributed by atoms with E-state index in [4.69, 9.17) is 0 Å². The van der Waals surface area contributed by atoms with E-state index in [1.54, 1.807) is 12.1 Å². The Bertz CT molecular complexity index is 650. The van der Waals surface area contributed by atoms with E-state index in [0.29, 0.717) is 12.1 Å². The van der Waals surface area contributed by atoms with Crippen molar-refractivity contribution in [1.29, 1.82) is 0 Å². The van der Waals surface area contributed by atoms with Crippen molar-refractivity contribution in [3.63, 3.8) is 0 Å². The number of carbonyl (C=O) groups excluding carboxylic acids is 1. The quantitative estimate of drug-likeness (QED) is 0.660. The zero-order valence-corrected chi connectivity index (χ0v) is 15.5. The van der Waals surface area contributed by atoms with Crippen LogP contribution in [0.5, 0.6) is 5.75 Å². The van der Waals surface area contributed by atoms with E-state index < -0.39 is 6.61 Å². The largest absolute Gasteiger partial charge is 0.435 e. The fourth-order valence-electron chi connectivity index (χ4n) is 5.81. The highest BCUT2D eigenvalue weighted by molar-refractivity contribution is 9.10. The van der Waals surface area contributed by atoms with E-state index >= 15 is 0 Å². The number of alkyl halides is 3. The fraction of sp³-hybridized carbons (Fsp3) is 0.632. The first-order valence-corrected chi connectivity index (χ1v) is 9.66. The molecular formula is C19H22BrF2NO2. The number of nitrogens with one attached hydrogen (secondary N) is 1. The van der Waals surface area contributed by atoms with Crippen molar-refractivity contribution in [2.75, 3.05) is 5.32 Å². The molecule has 4 fully saturated rings. The Balaban J connectivity index is 1.39. The minimum Gasteiger partial charge on any atom is -0.435 e. The Morgan fingerprint density at radius 1 is 1.20 bits per heavy atom. The maximum Gasteiger partial charge on any atom is 0.387 e. The van der Waals surface area contributed by atoms with E-state index in [9.17, 15) is 13.6 Å². The molecule has 1 aromatic rings. The Labute approximate surface area is 154 Å². The van der Waals surface area contributed by atoms with Crippen LogP contribution < -0.4 is 10.1 Å². The molecule has 25 heavy (non-hydrogen) atoms. The van der Waals surface area contributed by atoms with Crippen LogP contribution >= 0.6 is 15.9 Å². The maximum atomic E-state index is 12.6. The van der Waals surface area contributed by atoms with Crippen molar-refractivity contribution in [3.05, 3.63) is 24.3 Å². The Morgan fingerprint density at radius 3 is 2.40 bits per heavy atom. The van der Waals surface area contributed by atoms with Crippen LogP contribution in [-0.4, -0.2) is 16.8 Å². The molecular weight excluding hydrogens is 392 g/mol. The van der Waals surface area contributed by atoms with E-state index in [1.165, 1.54) is 31.4 Å². The molecule has 1 aromatic carbocycles. The van der Waals surface area contributed by atoms with Crippen molar-refractivity contribution in [1.82, 2.24) is 0 Å². The standard InChI is InChI=1S/C19H22BrF2NO2/c20-19-8-12-5-13(9-19)7-18(6-12,11-19)10-16(24)23-14-1-3-15(4-2-14)25-17(21)22/h1-4,12-13,17H,5-11H2,(H,23,24)/t12-,13+,18?,19?. The van der Waals surface area contributed by atoms with Gasteiger partial charge in [0, 0.05) is 16.4 Å². The highest BCUT2D eigenvalue weighted by Crippen LogP contribution is 2.65. The molecule has 0 aromatic heterocycles. The van der Waals surface area contributed by atoms with E-state index in [0.717, 1.165) is 31.1 Å². The molecule has 4 saturated carbocycles. The highest BCUT2D eigenvalue weighted by Gasteiger charge is 2.57. The van der Waals surface area contributed by atoms with Gasteiger partial charge in [0.1, 0.15) is 5.75 Å². The second kappa shape index (κ2) is 6.22. The summed E-state index contributed by atoms with van der Waals surface area (Å²) in [5.41, 5.74) is 0.737. The number of amides is 1. The third kappa shape index (κ3) is 3.69. The topological polar surface area (TPSA) is 38.3 Å². The predicted molar refractivity (Wildman–Crippen MR) is 95.1 cm³/mol. The number of ether oxygens (including phenoxy) is 1. The van der Waals surface area contributed by atoms with Gasteiger partial charge in [0.15, 0.2) is 0 Å². The van der Waals surface area contributed by atoms with Gasteiger partial charge >= 0.3 is 6.61 Å². The van der Waals surface area contributed by atoms with Gasteiger partial charge in [-0.1, -0.05) is 15.9 Å². The number of anilines is 1. The SMILES string of the molecule is O=C(CC12C[C@@H]3C[C@@H](CC(Br)(C3)C1)C2)Nc1ccc(OC(F)F)cc1. The van der Waals surface area contributed by atoms with Crippen molar-refractivity contribution >= 4 is 27.5 Å². The van der Waals surface area contributed by atoms with Crippen LogP contribution in [0.4, 0.5) is 14.5 Å². The predicted octanol–water partition coefficient (Wildman–Crippen LogP) is 5.35. The van der Waals surface area contributed by atoms with Gasteiger partial charge in [-0.2, -0.15) is 8.78 Å². The summed E-state index contributed by atoms with van der Waals surface area (Å²) in [6, 6.07) is 6.09. The number of hydrogen-bond donors (Lipinski definition) is 1. The normalized spacial score (nSPS) is 35.8. The molecule has 0 radical (unpaired) electrons. The molecule has 5 rings (SSSR count). The van der Waals surface area contributed by atoms with Crippen LogP contribution in [0.2, 0.25) is 0 Å². The summed E-state index contributed by atoms with van der Waals surface area (Å²) in [6.45, 7) is -2.84. The van der Waals surface area contributed by atoms with Gasteiger partial charge < -0.3 is 10.1 Å².